The molecular weight excluding hydrogens is 398 g/mol. The van der Waals surface area contributed by atoms with Crippen LogP contribution in [0.5, 0.6) is 0 Å². The summed E-state index contributed by atoms with van der Waals surface area (Å²) in [7, 11) is 0. The number of nitrogens with one attached hydrogen (secondary N) is 1. The maximum absolute atomic E-state index is 12.8. The van der Waals surface area contributed by atoms with Gasteiger partial charge in [-0.1, -0.05) is 45.4 Å². The number of amidine groups is 1. The molecule has 1 N–H and O–H groups in total. The first-order chi connectivity index (χ1) is 11.1. The monoisotopic (exact) mass is 409 g/mol. The van der Waals surface area contributed by atoms with Crippen molar-refractivity contribution in [2.45, 2.75) is 0 Å². The van der Waals surface area contributed by atoms with Gasteiger partial charge in [0, 0.05) is 20.9 Å². The quantitative estimate of drug-likeness (QED) is 0.735. The minimum atomic E-state index is -0.251. The summed E-state index contributed by atoms with van der Waals surface area (Å²) >= 11 is 10.9. The van der Waals surface area contributed by atoms with Crippen LogP contribution >= 0.6 is 39.3 Å². The fourth-order valence-corrected chi connectivity index (χ4v) is 3.50. The number of urea groups is 1. The van der Waals surface area contributed by atoms with Crippen molar-refractivity contribution in [2.24, 2.45) is 4.99 Å². The summed E-state index contributed by atoms with van der Waals surface area (Å²) < 4.78 is 0.904. The highest BCUT2D eigenvalue weighted by atomic mass is 79.9. The molecule has 23 heavy (non-hydrogen) atoms. The van der Waals surface area contributed by atoms with Gasteiger partial charge in [0.1, 0.15) is 0 Å². The summed E-state index contributed by atoms with van der Waals surface area (Å²) in [6.45, 7) is 0.717. The number of anilines is 2. The van der Waals surface area contributed by atoms with Crippen LogP contribution in [0.4, 0.5) is 16.2 Å². The number of nitrogens with zero attached hydrogens (tertiary/aromatic N) is 2. The molecule has 2 aromatic rings. The average molecular weight is 411 g/mol. The van der Waals surface area contributed by atoms with Crippen molar-refractivity contribution in [2.75, 3.05) is 22.5 Å². The van der Waals surface area contributed by atoms with E-state index in [4.69, 9.17) is 11.6 Å². The van der Waals surface area contributed by atoms with Crippen molar-refractivity contribution in [1.82, 2.24) is 0 Å². The Morgan fingerprint density at radius 1 is 1.26 bits per heavy atom. The lowest BCUT2D eigenvalue weighted by Crippen LogP contribution is -2.38. The number of aliphatic imine (C=N–C) groups is 1. The number of benzene rings is 2. The molecule has 0 bridgehead atoms. The van der Waals surface area contributed by atoms with Crippen LogP contribution < -0.4 is 10.2 Å². The Kier molecular flexibility index (Phi) is 5.25. The Balaban J connectivity index is 1.88. The highest BCUT2D eigenvalue weighted by molar-refractivity contribution is 9.10. The molecule has 7 heteroatoms. The summed E-state index contributed by atoms with van der Waals surface area (Å²) in [6.07, 6.45) is 0. The van der Waals surface area contributed by atoms with Gasteiger partial charge in [0.2, 0.25) is 0 Å². The zero-order valence-electron chi connectivity index (χ0n) is 12.0. The Morgan fingerprint density at radius 2 is 2.04 bits per heavy atom. The van der Waals surface area contributed by atoms with E-state index < -0.39 is 0 Å². The van der Waals surface area contributed by atoms with E-state index in [0.29, 0.717) is 22.4 Å². The van der Waals surface area contributed by atoms with Crippen molar-refractivity contribution in [3.63, 3.8) is 0 Å². The Morgan fingerprint density at radius 3 is 2.70 bits per heavy atom. The zero-order valence-corrected chi connectivity index (χ0v) is 15.2. The number of hydrogen-bond donors (Lipinski definition) is 1. The van der Waals surface area contributed by atoms with Gasteiger partial charge in [0.05, 0.1) is 12.2 Å². The van der Waals surface area contributed by atoms with E-state index in [1.807, 2.05) is 36.4 Å². The van der Waals surface area contributed by atoms with Gasteiger partial charge in [-0.2, -0.15) is 0 Å². The Hall–Kier alpha value is -1.50. The lowest BCUT2D eigenvalue weighted by atomic mass is 10.3. The molecule has 2 aromatic carbocycles. The fraction of sp³-hybridized carbons (Fsp3) is 0.125. The number of halogens is 2. The highest BCUT2D eigenvalue weighted by Crippen LogP contribution is 2.26. The molecule has 0 fully saturated rings. The third kappa shape index (κ3) is 4.07. The first-order valence-corrected chi connectivity index (χ1v) is 9.08. The Labute approximate surface area is 152 Å². The van der Waals surface area contributed by atoms with Crippen LogP contribution in [-0.4, -0.2) is 23.5 Å². The lowest BCUT2D eigenvalue weighted by molar-refractivity contribution is 0.259. The molecule has 0 aliphatic carbocycles. The van der Waals surface area contributed by atoms with Gasteiger partial charge in [-0.15, -0.1) is 0 Å². The van der Waals surface area contributed by atoms with Crippen LogP contribution in [0.3, 0.4) is 0 Å². The molecule has 1 aliphatic rings. The fourth-order valence-electron chi connectivity index (χ4n) is 2.11. The van der Waals surface area contributed by atoms with Crippen LogP contribution in [0.15, 0.2) is 58.0 Å². The van der Waals surface area contributed by atoms with Crippen molar-refractivity contribution in [1.29, 1.82) is 0 Å². The lowest BCUT2D eigenvalue weighted by Gasteiger charge is -2.22. The van der Waals surface area contributed by atoms with Crippen LogP contribution in [-0.2, 0) is 0 Å². The molecule has 3 rings (SSSR count). The zero-order chi connectivity index (χ0) is 16.2. The standard InChI is InChI=1S/C16H13BrClN3OS/c17-11-2-1-3-13(10-11)20-15(22)21(16-19-8-9-23-16)14-6-4-12(18)5-7-14/h1-7,10H,8-9H2,(H,20,22). The molecule has 0 atom stereocenters. The maximum Gasteiger partial charge on any atom is 0.332 e. The summed E-state index contributed by atoms with van der Waals surface area (Å²) in [6, 6.07) is 14.4. The van der Waals surface area contributed by atoms with Gasteiger partial charge in [-0.25, -0.2) is 9.69 Å². The molecule has 1 heterocycles. The van der Waals surface area contributed by atoms with Gasteiger partial charge < -0.3 is 5.32 Å². The second-order valence-corrected chi connectivity index (χ2v) is 7.18. The second kappa shape index (κ2) is 7.38. The maximum atomic E-state index is 12.8. The molecule has 4 nitrogen and oxygen atoms in total. The number of amides is 2. The van der Waals surface area contributed by atoms with Crippen molar-refractivity contribution >= 4 is 61.9 Å². The van der Waals surface area contributed by atoms with Crippen LogP contribution in [0.1, 0.15) is 0 Å². The molecule has 0 saturated heterocycles. The van der Waals surface area contributed by atoms with E-state index in [2.05, 4.69) is 26.2 Å². The van der Waals surface area contributed by atoms with E-state index >= 15 is 0 Å². The Bertz CT molecular complexity index is 751. The summed E-state index contributed by atoms with van der Waals surface area (Å²) in [4.78, 5) is 18.8. The van der Waals surface area contributed by atoms with Crippen molar-refractivity contribution in [3.05, 3.63) is 58.0 Å². The number of hydrogen-bond acceptors (Lipinski definition) is 3. The molecule has 1 aliphatic heterocycles. The molecule has 118 valence electrons. The third-order valence-corrected chi connectivity index (χ3v) is 4.83. The predicted molar refractivity (Wildman–Crippen MR) is 102 cm³/mol. The highest BCUT2D eigenvalue weighted by Gasteiger charge is 2.24. The first kappa shape index (κ1) is 16.4. The second-order valence-electron chi connectivity index (χ2n) is 4.77. The smallest absolute Gasteiger partial charge is 0.307 e. The van der Waals surface area contributed by atoms with Crippen LogP contribution in [0.25, 0.3) is 0 Å². The largest absolute Gasteiger partial charge is 0.332 e. The number of carbonyl (C=O) groups excluding carboxylic acids is 1. The van der Waals surface area contributed by atoms with E-state index in [-0.39, 0.29) is 6.03 Å². The van der Waals surface area contributed by atoms with Crippen LogP contribution in [0.2, 0.25) is 5.02 Å². The first-order valence-electron chi connectivity index (χ1n) is 6.93. The molecule has 2 amide bonds. The summed E-state index contributed by atoms with van der Waals surface area (Å²) in [5.41, 5.74) is 1.45. The third-order valence-electron chi connectivity index (χ3n) is 3.12. The number of thioether (sulfide) groups is 1. The van der Waals surface area contributed by atoms with Crippen LogP contribution in [0, 0.1) is 0 Å². The number of rotatable bonds is 2. The van der Waals surface area contributed by atoms with Gasteiger partial charge in [0.25, 0.3) is 0 Å². The van der Waals surface area contributed by atoms with E-state index in [9.17, 15) is 4.79 Å². The molecule has 0 saturated carbocycles. The number of carbonyl (C=O) groups is 1. The summed E-state index contributed by atoms with van der Waals surface area (Å²) in [5.74, 6) is 0.879. The predicted octanol–water partition coefficient (Wildman–Crippen LogP) is 5.24. The SMILES string of the molecule is O=C(Nc1cccc(Br)c1)N(C1=NCCS1)c1ccc(Cl)cc1. The minimum absolute atomic E-state index is 0.251. The minimum Gasteiger partial charge on any atom is -0.307 e. The van der Waals surface area contributed by atoms with Crippen molar-refractivity contribution in [3.8, 4) is 0 Å². The van der Waals surface area contributed by atoms with E-state index in [1.165, 1.54) is 0 Å². The molecule has 0 spiro atoms. The van der Waals surface area contributed by atoms with Gasteiger partial charge in [-0.05, 0) is 42.5 Å². The molecular formula is C16H13BrClN3OS. The van der Waals surface area contributed by atoms with Gasteiger partial charge >= 0.3 is 6.03 Å². The van der Waals surface area contributed by atoms with E-state index in [1.54, 1.807) is 28.8 Å². The van der Waals surface area contributed by atoms with Gasteiger partial charge in [-0.3, -0.25) is 4.99 Å². The molecule has 0 unspecified atom stereocenters. The molecule has 0 radical (unpaired) electrons. The van der Waals surface area contributed by atoms with Gasteiger partial charge in [0.15, 0.2) is 5.17 Å². The van der Waals surface area contributed by atoms with Crippen molar-refractivity contribution < 1.29 is 4.79 Å². The summed E-state index contributed by atoms with van der Waals surface area (Å²) in [5, 5.41) is 4.22. The topological polar surface area (TPSA) is 44.7 Å². The normalized spacial score (nSPS) is 13.6. The molecule has 0 aromatic heterocycles. The average Bonchev–Trinajstić information content (AvgIpc) is 3.03. The van der Waals surface area contributed by atoms with E-state index in [0.717, 1.165) is 15.9 Å².